The Labute approximate surface area is 207 Å². The summed E-state index contributed by atoms with van der Waals surface area (Å²) in [5.74, 6) is 0.880. The molecule has 9 heteroatoms. The molecule has 0 spiro atoms. The van der Waals surface area contributed by atoms with Gasteiger partial charge in [0, 0.05) is 30.5 Å². The van der Waals surface area contributed by atoms with Crippen molar-refractivity contribution < 1.29 is 13.9 Å². The van der Waals surface area contributed by atoms with Crippen LogP contribution in [0.3, 0.4) is 0 Å². The quantitative estimate of drug-likeness (QED) is 0.444. The van der Waals surface area contributed by atoms with Crippen molar-refractivity contribution in [1.82, 2.24) is 15.2 Å². The first-order valence-corrected chi connectivity index (χ1v) is 11.8. The normalized spacial score (nSPS) is 17.6. The molecule has 1 fully saturated rings. The minimum absolute atomic E-state index is 0.150. The molecule has 1 saturated heterocycles. The van der Waals surface area contributed by atoms with E-state index in [2.05, 4.69) is 30.7 Å². The van der Waals surface area contributed by atoms with Crippen molar-refractivity contribution in [1.29, 1.82) is 0 Å². The second-order valence-electron chi connectivity index (χ2n) is 8.49. The summed E-state index contributed by atoms with van der Waals surface area (Å²) in [5.41, 5.74) is 4.36. The highest BCUT2D eigenvalue weighted by molar-refractivity contribution is 6.05. The fourth-order valence-corrected chi connectivity index (χ4v) is 4.46. The van der Waals surface area contributed by atoms with Crippen molar-refractivity contribution in [3.8, 4) is 11.5 Å². The summed E-state index contributed by atoms with van der Waals surface area (Å²) in [6.07, 6.45) is 3.64. The van der Waals surface area contributed by atoms with Gasteiger partial charge in [0.2, 0.25) is 0 Å². The van der Waals surface area contributed by atoms with Crippen molar-refractivity contribution in [2.24, 2.45) is 0 Å². The molecule has 2 aliphatic rings. The van der Waals surface area contributed by atoms with Crippen molar-refractivity contribution in [2.45, 2.75) is 6.04 Å². The lowest BCUT2D eigenvalue weighted by molar-refractivity contribution is -0.116. The van der Waals surface area contributed by atoms with Gasteiger partial charge in [0.05, 0.1) is 18.8 Å². The smallest absolute Gasteiger partial charge is 0.316 e. The molecule has 0 bridgehead atoms. The highest BCUT2D eigenvalue weighted by atomic mass is 16.5. The Balaban J connectivity index is 1.32. The first-order valence-electron chi connectivity index (χ1n) is 11.8. The lowest BCUT2D eigenvalue weighted by atomic mass is 9.96. The number of nitrogens with zero attached hydrogens (tertiary/aromatic N) is 4. The number of carbonyl (C=O) groups excluding carboxylic acids is 1. The number of para-hydroxylation sites is 1. The van der Waals surface area contributed by atoms with E-state index in [4.69, 9.17) is 9.15 Å². The molecule has 36 heavy (non-hydrogen) atoms. The highest BCUT2D eigenvalue weighted by Crippen LogP contribution is 2.33. The van der Waals surface area contributed by atoms with E-state index < -0.39 is 6.04 Å². The lowest BCUT2D eigenvalue weighted by Crippen LogP contribution is -2.37. The second-order valence-corrected chi connectivity index (χ2v) is 8.49. The molecule has 0 radical (unpaired) electrons. The molecule has 180 valence electrons. The summed E-state index contributed by atoms with van der Waals surface area (Å²) >= 11 is 0. The average Bonchev–Trinajstić information content (AvgIpc) is 3.35. The fourth-order valence-electron chi connectivity index (χ4n) is 4.46. The van der Waals surface area contributed by atoms with Crippen LogP contribution in [0.2, 0.25) is 0 Å². The SMILES string of the molecule is O=C1Nc2ccccc2C(c2ccccc2)=CC1Nc1nnc(-c2cccnc2N2CCOCC2)o1. The van der Waals surface area contributed by atoms with Crippen molar-refractivity contribution in [3.63, 3.8) is 0 Å². The predicted octanol–water partition coefficient (Wildman–Crippen LogP) is 3.83. The monoisotopic (exact) mass is 480 g/mol. The zero-order valence-corrected chi connectivity index (χ0v) is 19.4. The molecular weight excluding hydrogens is 456 g/mol. The van der Waals surface area contributed by atoms with Crippen molar-refractivity contribution in [3.05, 3.63) is 90.1 Å². The second kappa shape index (κ2) is 9.63. The van der Waals surface area contributed by atoms with Crippen LogP contribution in [0.4, 0.5) is 17.5 Å². The molecule has 2 aromatic heterocycles. The molecule has 0 aliphatic carbocycles. The Kier molecular flexibility index (Phi) is 5.88. The third-order valence-corrected chi connectivity index (χ3v) is 6.21. The maximum Gasteiger partial charge on any atom is 0.316 e. The number of amides is 1. The molecule has 2 aromatic carbocycles. The van der Waals surface area contributed by atoms with Gasteiger partial charge < -0.3 is 24.7 Å². The van der Waals surface area contributed by atoms with E-state index in [0.29, 0.717) is 19.1 Å². The van der Waals surface area contributed by atoms with Gasteiger partial charge >= 0.3 is 6.01 Å². The highest BCUT2D eigenvalue weighted by Gasteiger charge is 2.26. The molecule has 1 amide bonds. The minimum Gasteiger partial charge on any atom is -0.403 e. The van der Waals surface area contributed by atoms with Gasteiger partial charge in [-0.1, -0.05) is 53.6 Å². The van der Waals surface area contributed by atoms with E-state index in [1.165, 1.54) is 0 Å². The molecule has 2 N–H and O–H groups in total. The number of fused-ring (bicyclic) bond motifs is 1. The summed E-state index contributed by atoms with van der Waals surface area (Å²) < 4.78 is 11.4. The topological polar surface area (TPSA) is 105 Å². The number of anilines is 3. The number of hydrogen-bond acceptors (Lipinski definition) is 8. The third-order valence-electron chi connectivity index (χ3n) is 6.21. The Morgan fingerprint density at radius 2 is 1.69 bits per heavy atom. The molecular formula is C27H24N6O3. The van der Waals surface area contributed by atoms with Crippen molar-refractivity contribution in [2.75, 3.05) is 41.8 Å². The van der Waals surface area contributed by atoms with Gasteiger partial charge in [-0.25, -0.2) is 4.98 Å². The number of carbonyl (C=O) groups is 1. The molecule has 1 atom stereocenters. The van der Waals surface area contributed by atoms with E-state index in [1.807, 2.05) is 72.8 Å². The van der Waals surface area contributed by atoms with Gasteiger partial charge in [-0.15, -0.1) is 5.10 Å². The number of aromatic nitrogens is 3. The molecule has 4 aromatic rings. The van der Waals surface area contributed by atoms with Gasteiger partial charge in [-0.05, 0) is 35.4 Å². The zero-order chi connectivity index (χ0) is 24.3. The molecule has 6 rings (SSSR count). The molecule has 4 heterocycles. The summed E-state index contributed by atoms with van der Waals surface area (Å²) in [4.78, 5) is 19.8. The van der Waals surface area contributed by atoms with E-state index in [0.717, 1.165) is 46.9 Å². The minimum atomic E-state index is -0.728. The Hall–Kier alpha value is -4.50. The van der Waals surface area contributed by atoms with Crippen LogP contribution in [-0.2, 0) is 9.53 Å². The Morgan fingerprint density at radius 1 is 0.917 bits per heavy atom. The maximum atomic E-state index is 13.2. The van der Waals surface area contributed by atoms with E-state index in [9.17, 15) is 4.79 Å². The van der Waals surface area contributed by atoms with E-state index in [-0.39, 0.29) is 11.9 Å². The van der Waals surface area contributed by atoms with Crippen LogP contribution in [0.25, 0.3) is 17.0 Å². The van der Waals surface area contributed by atoms with Gasteiger partial charge in [0.15, 0.2) is 0 Å². The van der Waals surface area contributed by atoms with E-state index >= 15 is 0 Å². The van der Waals surface area contributed by atoms with Crippen LogP contribution in [-0.4, -0.2) is 53.4 Å². The van der Waals surface area contributed by atoms with Crippen LogP contribution in [0.5, 0.6) is 0 Å². The molecule has 0 saturated carbocycles. The largest absolute Gasteiger partial charge is 0.403 e. The number of morpholine rings is 1. The Morgan fingerprint density at radius 3 is 2.56 bits per heavy atom. The average molecular weight is 481 g/mol. The Bertz CT molecular complexity index is 1410. The summed E-state index contributed by atoms with van der Waals surface area (Å²) in [6.45, 7) is 2.75. The maximum absolute atomic E-state index is 13.2. The summed E-state index contributed by atoms with van der Waals surface area (Å²) in [7, 11) is 0. The van der Waals surface area contributed by atoms with Crippen LogP contribution >= 0.6 is 0 Å². The number of nitrogens with one attached hydrogen (secondary N) is 2. The first kappa shape index (κ1) is 22.0. The number of rotatable bonds is 5. The lowest BCUT2D eigenvalue weighted by Gasteiger charge is -2.28. The number of benzene rings is 2. The molecule has 9 nitrogen and oxygen atoms in total. The third kappa shape index (κ3) is 4.32. The van der Waals surface area contributed by atoms with Gasteiger partial charge in [-0.3, -0.25) is 4.79 Å². The number of hydrogen-bond donors (Lipinski definition) is 2. The fraction of sp³-hybridized carbons (Fsp3) is 0.185. The van der Waals surface area contributed by atoms with Crippen LogP contribution in [0, 0.1) is 0 Å². The molecule has 1 unspecified atom stereocenters. The first-order chi connectivity index (χ1) is 17.8. The van der Waals surface area contributed by atoms with Crippen LogP contribution in [0.1, 0.15) is 11.1 Å². The predicted molar refractivity (Wildman–Crippen MR) is 137 cm³/mol. The zero-order valence-electron chi connectivity index (χ0n) is 19.4. The van der Waals surface area contributed by atoms with Gasteiger partial charge in [0.1, 0.15) is 11.9 Å². The van der Waals surface area contributed by atoms with E-state index in [1.54, 1.807) is 6.20 Å². The standard InChI is InChI=1S/C27H24N6O3/c34-25-23(17-21(18-7-2-1-3-8-18)19-9-4-5-11-22(19)29-25)30-27-32-31-26(36-27)20-10-6-12-28-24(20)33-13-15-35-16-14-33/h1-12,17,23H,13-16H2,(H,29,34)(H,30,32). The van der Waals surface area contributed by atoms with Crippen LogP contribution < -0.4 is 15.5 Å². The van der Waals surface area contributed by atoms with Crippen molar-refractivity contribution >= 4 is 29.0 Å². The number of pyridine rings is 1. The van der Waals surface area contributed by atoms with Crippen LogP contribution in [0.15, 0.2) is 83.4 Å². The van der Waals surface area contributed by atoms with Gasteiger partial charge in [-0.2, -0.15) is 0 Å². The summed E-state index contributed by atoms with van der Waals surface area (Å²) in [5, 5.41) is 14.5. The molecule has 2 aliphatic heterocycles. The number of ether oxygens (including phenoxy) is 1. The van der Waals surface area contributed by atoms with Gasteiger partial charge in [0.25, 0.3) is 11.8 Å². The summed E-state index contributed by atoms with van der Waals surface area (Å²) in [6, 6.07) is 20.9.